The average Bonchev–Trinajstić information content (AvgIpc) is 2.94. The molecule has 3 rings (SSSR count). The fourth-order valence-corrected chi connectivity index (χ4v) is 4.31. The van der Waals surface area contributed by atoms with Gasteiger partial charge in [0.25, 0.3) is 5.91 Å². The van der Waals surface area contributed by atoms with Gasteiger partial charge in [-0.1, -0.05) is 49.7 Å². The van der Waals surface area contributed by atoms with Crippen molar-refractivity contribution in [2.45, 2.75) is 65.0 Å². The number of aromatic nitrogens is 1. The number of hydrogen-bond donors (Lipinski definition) is 2. The Morgan fingerprint density at radius 2 is 1.62 bits per heavy atom. The summed E-state index contributed by atoms with van der Waals surface area (Å²) in [6.45, 7) is 9.45. The van der Waals surface area contributed by atoms with Crippen molar-refractivity contribution in [3.63, 3.8) is 0 Å². The molecule has 1 aromatic carbocycles. The van der Waals surface area contributed by atoms with Crippen LogP contribution in [0.3, 0.4) is 0 Å². The number of ether oxygens (including phenoxy) is 1. The second-order valence-corrected chi connectivity index (χ2v) is 10.8. The Balaban J connectivity index is 1.69. The average molecular weight is 552 g/mol. The van der Waals surface area contributed by atoms with Gasteiger partial charge >= 0.3 is 12.0 Å². The van der Waals surface area contributed by atoms with E-state index < -0.39 is 23.5 Å². The molecule has 1 aromatic heterocycles. The van der Waals surface area contributed by atoms with E-state index in [2.05, 4.69) is 22.5 Å². The minimum atomic E-state index is -0.952. The summed E-state index contributed by atoms with van der Waals surface area (Å²) >= 11 is 0. The van der Waals surface area contributed by atoms with Crippen LogP contribution in [0.5, 0.6) is 0 Å². The molecule has 2 N–H and O–H groups in total. The van der Waals surface area contributed by atoms with Gasteiger partial charge in [0.2, 0.25) is 5.91 Å². The normalized spacial score (nSPS) is 14.3. The topological polar surface area (TPSA) is 121 Å². The number of amides is 4. The molecule has 0 unspecified atom stereocenters. The summed E-state index contributed by atoms with van der Waals surface area (Å²) in [7, 11) is 0. The van der Waals surface area contributed by atoms with Gasteiger partial charge in [0.05, 0.1) is 5.69 Å². The predicted molar refractivity (Wildman–Crippen MR) is 152 cm³/mol. The first-order valence-corrected chi connectivity index (χ1v) is 13.9. The molecular formula is C30H41N5O5. The van der Waals surface area contributed by atoms with Crippen molar-refractivity contribution in [1.29, 1.82) is 0 Å². The van der Waals surface area contributed by atoms with Crippen molar-refractivity contribution in [2.75, 3.05) is 32.7 Å². The molecule has 1 fully saturated rings. The van der Waals surface area contributed by atoms with Crippen LogP contribution in [0.1, 0.15) is 63.9 Å². The minimum absolute atomic E-state index is 0.0365. The number of esters is 1. The van der Waals surface area contributed by atoms with E-state index >= 15 is 0 Å². The molecule has 1 saturated heterocycles. The van der Waals surface area contributed by atoms with Crippen LogP contribution in [0.2, 0.25) is 0 Å². The first-order valence-electron chi connectivity index (χ1n) is 13.9. The van der Waals surface area contributed by atoms with Gasteiger partial charge in [-0.25, -0.2) is 9.78 Å². The van der Waals surface area contributed by atoms with Crippen molar-refractivity contribution in [3.05, 3.63) is 54.2 Å². The maximum absolute atomic E-state index is 13.6. The summed E-state index contributed by atoms with van der Waals surface area (Å²) < 4.78 is 5.41. The first kappa shape index (κ1) is 30.6. The van der Waals surface area contributed by atoms with Crippen LogP contribution in [0, 0.1) is 0 Å². The highest BCUT2D eigenvalue weighted by molar-refractivity contribution is 5.96. The molecule has 40 heavy (non-hydrogen) atoms. The molecule has 10 nitrogen and oxygen atoms in total. The Kier molecular flexibility index (Phi) is 11.0. The summed E-state index contributed by atoms with van der Waals surface area (Å²) in [6, 6.07) is 13.6. The van der Waals surface area contributed by atoms with Crippen LogP contribution in [0.25, 0.3) is 11.3 Å². The highest BCUT2D eigenvalue weighted by atomic mass is 16.6. The molecule has 1 aliphatic heterocycles. The number of piperazine rings is 1. The molecule has 1 atom stereocenters. The summed E-state index contributed by atoms with van der Waals surface area (Å²) in [5, 5.41) is 5.70. The SMILES string of the molecule is CCCCNC(=O)N1CCN(C(=O)[C@H](CCC(=O)OC(C)(C)C)NC(=O)c2cccc(-c3ccccc3)n2)CC1. The van der Waals surface area contributed by atoms with E-state index in [1.54, 1.807) is 42.7 Å². The number of pyridine rings is 1. The van der Waals surface area contributed by atoms with E-state index in [0.29, 0.717) is 38.4 Å². The molecule has 0 radical (unpaired) electrons. The number of nitrogens with one attached hydrogen (secondary N) is 2. The summed E-state index contributed by atoms with van der Waals surface area (Å²) in [4.78, 5) is 59.4. The van der Waals surface area contributed by atoms with E-state index in [4.69, 9.17) is 4.74 Å². The first-order chi connectivity index (χ1) is 19.1. The second kappa shape index (κ2) is 14.4. The molecule has 2 heterocycles. The van der Waals surface area contributed by atoms with Gasteiger partial charge in [0, 0.05) is 44.7 Å². The second-order valence-electron chi connectivity index (χ2n) is 10.8. The Morgan fingerprint density at radius 3 is 2.27 bits per heavy atom. The highest BCUT2D eigenvalue weighted by Gasteiger charge is 2.31. The zero-order chi connectivity index (χ0) is 29.1. The zero-order valence-corrected chi connectivity index (χ0v) is 23.9. The molecule has 216 valence electrons. The summed E-state index contributed by atoms with van der Waals surface area (Å²) in [6.07, 6.45) is 1.94. The third kappa shape index (κ3) is 9.36. The van der Waals surface area contributed by atoms with Gasteiger partial charge in [0.15, 0.2) is 0 Å². The van der Waals surface area contributed by atoms with Crippen LogP contribution in [-0.2, 0) is 14.3 Å². The lowest BCUT2D eigenvalue weighted by atomic mass is 10.1. The number of carbonyl (C=O) groups is 4. The smallest absolute Gasteiger partial charge is 0.317 e. The molecule has 4 amide bonds. The molecule has 10 heteroatoms. The third-order valence-corrected chi connectivity index (χ3v) is 6.40. The number of benzene rings is 1. The van der Waals surface area contributed by atoms with Crippen LogP contribution in [0.15, 0.2) is 48.5 Å². The monoisotopic (exact) mass is 551 g/mol. The molecule has 2 aromatic rings. The Morgan fingerprint density at radius 1 is 0.950 bits per heavy atom. The van der Waals surface area contributed by atoms with E-state index in [1.807, 2.05) is 36.4 Å². The van der Waals surface area contributed by atoms with Crippen LogP contribution in [0.4, 0.5) is 4.79 Å². The molecule has 0 aliphatic carbocycles. The van der Waals surface area contributed by atoms with Crippen molar-refractivity contribution < 1.29 is 23.9 Å². The van der Waals surface area contributed by atoms with Crippen molar-refractivity contribution >= 4 is 23.8 Å². The zero-order valence-electron chi connectivity index (χ0n) is 23.9. The quantitative estimate of drug-likeness (QED) is 0.344. The molecule has 0 saturated carbocycles. The Bertz CT molecular complexity index is 1160. The predicted octanol–water partition coefficient (Wildman–Crippen LogP) is 3.62. The molecule has 1 aliphatic rings. The lowest BCUT2D eigenvalue weighted by Gasteiger charge is -2.36. The lowest BCUT2D eigenvalue weighted by Crippen LogP contribution is -2.57. The van der Waals surface area contributed by atoms with Crippen molar-refractivity contribution in [1.82, 2.24) is 25.4 Å². The Hall–Kier alpha value is -3.95. The fourth-order valence-electron chi connectivity index (χ4n) is 4.31. The number of urea groups is 1. The number of carbonyl (C=O) groups excluding carboxylic acids is 4. The van der Waals surface area contributed by atoms with Gasteiger partial charge in [-0.15, -0.1) is 0 Å². The van der Waals surface area contributed by atoms with E-state index in [1.165, 1.54) is 0 Å². The third-order valence-electron chi connectivity index (χ3n) is 6.40. The van der Waals surface area contributed by atoms with Crippen molar-refractivity contribution in [2.24, 2.45) is 0 Å². The van der Waals surface area contributed by atoms with Crippen LogP contribution in [-0.4, -0.2) is 83.0 Å². The van der Waals surface area contributed by atoms with E-state index in [0.717, 1.165) is 18.4 Å². The maximum atomic E-state index is 13.6. The number of hydrogen-bond acceptors (Lipinski definition) is 6. The highest BCUT2D eigenvalue weighted by Crippen LogP contribution is 2.17. The fraction of sp³-hybridized carbons (Fsp3) is 0.500. The molecular weight excluding hydrogens is 510 g/mol. The lowest BCUT2D eigenvalue weighted by molar-refractivity contribution is -0.155. The number of unbranched alkanes of at least 4 members (excludes halogenated alkanes) is 1. The standard InChI is InChI=1S/C30H41N5O5/c1-5-6-17-31-29(39)35-20-18-34(19-21-35)28(38)25(15-16-26(36)40-30(2,3)4)33-27(37)24-14-10-13-23(32-24)22-11-8-7-9-12-22/h7-14,25H,5-6,15-21H2,1-4H3,(H,31,39)(H,33,37)/t25-/m0/s1. The van der Waals surface area contributed by atoms with E-state index in [9.17, 15) is 19.2 Å². The van der Waals surface area contributed by atoms with Crippen LogP contribution < -0.4 is 10.6 Å². The maximum Gasteiger partial charge on any atom is 0.317 e. The summed E-state index contributed by atoms with van der Waals surface area (Å²) in [5.74, 6) is -1.26. The number of nitrogens with zero attached hydrogens (tertiary/aromatic N) is 3. The Labute approximate surface area is 236 Å². The number of rotatable bonds is 10. The van der Waals surface area contributed by atoms with Gasteiger partial charge in [-0.05, 0) is 45.7 Å². The van der Waals surface area contributed by atoms with Gasteiger partial charge < -0.3 is 25.2 Å². The minimum Gasteiger partial charge on any atom is -0.460 e. The van der Waals surface area contributed by atoms with Crippen molar-refractivity contribution in [3.8, 4) is 11.3 Å². The van der Waals surface area contributed by atoms with Gasteiger partial charge in [-0.3, -0.25) is 14.4 Å². The molecule has 0 spiro atoms. The van der Waals surface area contributed by atoms with Crippen LogP contribution >= 0.6 is 0 Å². The van der Waals surface area contributed by atoms with Gasteiger partial charge in [-0.2, -0.15) is 0 Å². The van der Waals surface area contributed by atoms with E-state index in [-0.39, 0.29) is 30.5 Å². The largest absolute Gasteiger partial charge is 0.460 e. The molecule has 0 bridgehead atoms. The summed E-state index contributed by atoms with van der Waals surface area (Å²) in [5.41, 5.74) is 1.02. The van der Waals surface area contributed by atoms with Gasteiger partial charge in [0.1, 0.15) is 17.3 Å².